The van der Waals surface area contributed by atoms with Crippen molar-refractivity contribution in [3.63, 3.8) is 0 Å². The molecule has 2 unspecified atom stereocenters. The molecule has 2 saturated heterocycles. The van der Waals surface area contributed by atoms with E-state index in [4.69, 9.17) is 5.11 Å². The molecule has 0 aliphatic carbocycles. The molecule has 0 aromatic heterocycles. The third-order valence-corrected chi connectivity index (χ3v) is 6.46. The first-order valence-corrected chi connectivity index (χ1v) is 12.3. The van der Waals surface area contributed by atoms with Crippen LogP contribution in [0.3, 0.4) is 0 Å². The lowest BCUT2D eigenvalue weighted by atomic mass is 9.98. The first kappa shape index (κ1) is 30.8. The molecule has 2 aliphatic heterocycles. The zero-order valence-electron chi connectivity index (χ0n) is 21.7. The molecular weight excluding hydrogens is 515 g/mol. The Balaban J connectivity index is 2.08. The average molecular weight is 550 g/mol. The van der Waals surface area contributed by atoms with Gasteiger partial charge >= 0.3 is 18.2 Å². The van der Waals surface area contributed by atoms with Crippen molar-refractivity contribution in [1.82, 2.24) is 25.3 Å². The number of aliphatic carboxylic acids is 1. The van der Waals surface area contributed by atoms with Gasteiger partial charge in [-0.3, -0.25) is 24.0 Å². The van der Waals surface area contributed by atoms with Gasteiger partial charge in [0.15, 0.2) is 0 Å². The zero-order valence-corrected chi connectivity index (χ0v) is 21.7. The summed E-state index contributed by atoms with van der Waals surface area (Å²) in [5.41, 5.74) is 0. The van der Waals surface area contributed by atoms with E-state index in [-0.39, 0.29) is 26.1 Å². The van der Waals surface area contributed by atoms with E-state index < -0.39 is 84.7 Å². The summed E-state index contributed by atoms with van der Waals surface area (Å²) in [4.78, 5) is 77.3. The van der Waals surface area contributed by atoms with Crippen LogP contribution in [0.4, 0.5) is 18.0 Å². The summed E-state index contributed by atoms with van der Waals surface area (Å²) in [5, 5.41) is 13.6. The summed E-state index contributed by atoms with van der Waals surface area (Å²) in [6.45, 7) is 5.50. The van der Waals surface area contributed by atoms with Crippen LogP contribution < -0.4 is 10.6 Å². The number of alkyl halides is 3. The van der Waals surface area contributed by atoms with Crippen molar-refractivity contribution in [1.29, 1.82) is 0 Å². The molecule has 5 amide bonds. The van der Waals surface area contributed by atoms with Crippen LogP contribution in [0.15, 0.2) is 0 Å². The van der Waals surface area contributed by atoms with Crippen molar-refractivity contribution < 1.29 is 47.0 Å². The van der Waals surface area contributed by atoms with Gasteiger partial charge in [-0.1, -0.05) is 27.7 Å². The molecule has 0 radical (unpaired) electrons. The highest BCUT2D eigenvalue weighted by molar-refractivity contribution is 5.97. The molecule has 2 rings (SSSR count). The Hall–Kier alpha value is -3.39. The maximum Gasteiger partial charge on any atom is 0.452 e. The van der Waals surface area contributed by atoms with Gasteiger partial charge in [-0.25, -0.2) is 4.79 Å². The minimum atomic E-state index is -5.14. The largest absolute Gasteiger partial charge is 0.480 e. The van der Waals surface area contributed by atoms with Crippen molar-refractivity contribution in [3.8, 4) is 0 Å². The summed E-state index contributed by atoms with van der Waals surface area (Å²) in [7, 11) is 0. The van der Waals surface area contributed by atoms with E-state index in [0.29, 0.717) is 6.42 Å². The normalized spacial score (nSPS) is 19.7. The highest BCUT2D eigenvalue weighted by atomic mass is 19.4. The minimum Gasteiger partial charge on any atom is -0.480 e. The molecular formula is C23H34F3N5O7. The molecule has 3 atom stereocenters. The standard InChI is InChI=1S/C23H34F3N5O7/c1-12(2)17(19(35)23(24,25)26)28-20(36)14-6-5-7-31(14)21(37)18(13(3)4)27-15(32)10-29-8-9-30(22(29)38)11-16(33)34/h12-14,17-18H,5-11H2,1-4H3,(H,27,32)(H,28,36)(H,33,34)/t14-,17?,18?/m0/s1. The lowest BCUT2D eigenvalue weighted by molar-refractivity contribution is -0.175. The van der Waals surface area contributed by atoms with Crippen LogP contribution in [-0.4, -0.2) is 112 Å². The quantitative estimate of drug-likeness (QED) is 0.333. The highest BCUT2D eigenvalue weighted by Gasteiger charge is 2.46. The molecule has 15 heteroatoms. The van der Waals surface area contributed by atoms with Gasteiger partial charge in [-0.2, -0.15) is 13.2 Å². The summed E-state index contributed by atoms with van der Waals surface area (Å²) in [5.74, 6) is -6.73. The zero-order chi connectivity index (χ0) is 28.9. The fourth-order valence-electron chi connectivity index (χ4n) is 4.44. The van der Waals surface area contributed by atoms with E-state index in [0.717, 1.165) is 9.80 Å². The number of carbonyl (C=O) groups is 6. The summed E-state index contributed by atoms with van der Waals surface area (Å²) in [6, 6.07) is -4.65. The molecule has 0 aromatic carbocycles. The van der Waals surface area contributed by atoms with Crippen molar-refractivity contribution in [3.05, 3.63) is 0 Å². The van der Waals surface area contributed by atoms with Gasteiger partial charge in [-0.15, -0.1) is 0 Å². The van der Waals surface area contributed by atoms with E-state index in [9.17, 15) is 41.9 Å². The number of halogens is 3. The Morgan fingerprint density at radius 2 is 1.47 bits per heavy atom. The molecule has 0 saturated carbocycles. The number of nitrogens with one attached hydrogen (secondary N) is 2. The monoisotopic (exact) mass is 549 g/mol. The highest BCUT2D eigenvalue weighted by Crippen LogP contribution is 2.24. The number of hydrogen-bond donors (Lipinski definition) is 3. The average Bonchev–Trinajstić information content (AvgIpc) is 3.41. The van der Waals surface area contributed by atoms with E-state index in [1.807, 2.05) is 0 Å². The van der Waals surface area contributed by atoms with E-state index in [1.54, 1.807) is 13.8 Å². The Morgan fingerprint density at radius 1 is 0.921 bits per heavy atom. The second-order valence-electron chi connectivity index (χ2n) is 10.1. The molecule has 2 heterocycles. The van der Waals surface area contributed by atoms with Gasteiger partial charge in [0, 0.05) is 19.6 Å². The Bertz CT molecular complexity index is 956. The number of Topliss-reactive ketones (excluding diaryl/α,β-unsaturated/α-hetero) is 1. The van der Waals surface area contributed by atoms with Crippen molar-refractivity contribution in [2.45, 2.75) is 64.8 Å². The summed E-state index contributed by atoms with van der Waals surface area (Å²) in [6.07, 6.45) is -4.57. The second-order valence-corrected chi connectivity index (χ2v) is 10.1. The van der Waals surface area contributed by atoms with E-state index >= 15 is 0 Å². The molecule has 214 valence electrons. The number of likely N-dealkylation sites (tertiary alicyclic amines) is 1. The predicted octanol–water partition coefficient (Wildman–Crippen LogP) is 0.213. The minimum absolute atomic E-state index is 0.127. The van der Waals surface area contributed by atoms with E-state index in [2.05, 4.69) is 10.6 Å². The topological polar surface area (TPSA) is 156 Å². The van der Waals surface area contributed by atoms with Crippen molar-refractivity contribution in [2.75, 3.05) is 32.7 Å². The number of hydrogen-bond acceptors (Lipinski definition) is 6. The molecule has 0 spiro atoms. The number of rotatable bonds is 11. The van der Waals surface area contributed by atoms with Gasteiger partial charge in [0.25, 0.3) is 5.78 Å². The Labute approximate surface area is 217 Å². The number of urea groups is 1. The Morgan fingerprint density at radius 3 is 1.97 bits per heavy atom. The van der Waals surface area contributed by atoms with Crippen LogP contribution in [-0.2, 0) is 24.0 Å². The number of ketones is 1. The molecule has 0 aromatic rings. The lowest BCUT2D eigenvalue weighted by Crippen LogP contribution is -2.58. The predicted molar refractivity (Wildman–Crippen MR) is 126 cm³/mol. The first-order valence-electron chi connectivity index (χ1n) is 12.3. The smallest absolute Gasteiger partial charge is 0.452 e. The van der Waals surface area contributed by atoms with Gasteiger partial charge in [0.05, 0.1) is 6.04 Å². The molecule has 2 aliphatic rings. The number of carboxylic acids is 1. The number of carboxylic acid groups (broad SMARTS) is 1. The summed E-state index contributed by atoms with van der Waals surface area (Å²) >= 11 is 0. The van der Waals surface area contributed by atoms with Crippen LogP contribution in [0.2, 0.25) is 0 Å². The van der Waals surface area contributed by atoms with Gasteiger partial charge < -0.3 is 30.4 Å². The summed E-state index contributed by atoms with van der Waals surface area (Å²) < 4.78 is 39.0. The molecule has 38 heavy (non-hydrogen) atoms. The van der Waals surface area contributed by atoms with Crippen molar-refractivity contribution in [2.24, 2.45) is 11.8 Å². The fourth-order valence-corrected chi connectivity index (χ4v) is 4.44. The Kier molecular flexibility index (Phi) is 10.1. The molecule has 2 fully saturated rings. The van der Waals surface area contributed by atoms with Crippen molar-refractivity contribution >= 4 is 35.5 Å². The third-order valence-electron chi connectivity index (χ3n) is 6.46. The fraction of sp³-hybridized carbons (Fsp3) is 0.739. The van der Waals surface area contributed by atoms with Gasteiger partial charge in [-0.05, 0) is 24.7 Å². The van der Waals surface area contributed by atoms with E-state index in [1.165, 1.54) is 18.7 Å². The van der Waals surface area contributed by atoms with Gasteiger partial charge in [0.1, 0.15) is 25.2 Å². The lowest BCUT2D eigenvalue weighted by Gasteiger charge is -2.32. The maximum atomic E-state index is 13.4. The molecule has 3 N–H and O–H groups in total. The molecule has 12 nitrogen and oxygen atoms in total. The second kappa shape index (κ2) is 12.4. The first-order chi connectivity index (χ1) is 17.5. The molecule has 0 bridgehead atoms. The SMILES string of the molecule is CC(C)C(NC(=O)CN1CCN(CC(=O)O)C1=O)C(=O)N1CCC[C@H]1C(=O)NC(C(=O)C(F)(F)F)C(C)C. The van der Waals surface area contributed by atoms with Crippen LogP contribution in [0.1, 0.15) is 40.5 Å². The number of carbonyl (C=O) groups excluding carboxylic acids is 5. The number of amides is 5. The van der Waals surface area contributed by atoms with Crippen LogP contribution in [0.25, 0.3) is 0 Å². The third kappa shape index (κ3) is 7.57. The number of nitrogens with zero attached hydrogens (tertiary/aromatic N) is 3. The van der Waals surface area contributed by atoms with Gasteiger partial charge in [0.2, 0.25) is 17.7 Å². The van der Waals surface area contributed by atoms with Crippen LogP contribution in [0, 0.1) is 11.8 Å². The maximum absolute atomic E-state index is 13.4. The van der Waals surface area contributed by atoms with Crippen LogP contribution in [0.5, 0.6) is 0 Å². The van der Waals surface area contributed by atoms with Crippen LogP contribution >= 0.6 is 0 Å².